The summed E-state index contributed by atoms with van der Waals surface area (Å²) in [6, 6.07) is 5.70. The fraction of sp³-hybridized carbons (Fsp3) is 0.222. The van der Waals surface area contributed by atoms with E-state index in [4.69, 9.17) is 11.6 Å². The molecule has 2 aromatic rings. The molecule has 0 atom stereocenters. The van der Waals surface area contributed by atoms with Crippen molar-refractivity contribution in [2.24, 2.45) is 7.05 Å². The molecule has 0 aliphatic carbocycles. The fourth-order valence-corrected chi connectivity index (χ4v) is 1.81. The van der Waals surface area contributed by atoms with Crippen molar-refractivity contribution in [3.05, 3.63) is 29.0 Å². The first-order valence-corrected chi connectivity index (χ1v) is 4.95. The second-order valence-electron chi connectivity index (χ2n) is 2.88. The number of halogens is 1. The van der Waals surface area contributed by atoms with E-state index in [1.54, 1.807) is 0 Å². The topological polar surface area (TPSA) is 17.8 Å². The molecule has 4 heteroatoms. The number of imidazole rings is 1. The summed E-state index contributed by atoms with van der Waals surface area (Å²) >= 11 is 10.1. The van der Waals surface area contributed by atoms with Gasteiger partial charge in [0.05, 0.1) is 11.0 Å². The predicted octanol–water partition coefficient (Wildman–Crippen LogP) is 2.66. The van der Waals surface area contributed by atoms with E-state index in [9.17, 15) is 0 Å². The zero-order valence-electron chi connectivity index (χ0n) is 7.16. The van der Waals surface area contributed by atoms with E-state index in [0.717, 1.165) is 21.9 Å². The molecular formula is C9H9ClN2S. The van der Waals surface area contributed by atoms with Crippen molar-refractivity contribution in [1.82, 2.24) is 9.55 Å². The van der Waals surface area contributed by atoms with E-state index < -0.39 is 0 Å². The number of thiol groups is 1. The minimum absolute atomic E-state index is 0.642. The fourth-order valence-electron chi connectivity index (χ4n) is 1.36. The van der Waals surface area contributed by atoms with Crippen molar-refractivity contribution < 1.29 is 0 Å². The highest BCUT2D eigenvalue weighted by atomic mass is 35.5. The van der Waals surface area contributed by atoms with Crippen molar-refractivity contribution in [2.45, 2.75) is 5.75 Å². The largest absolute Gasteiger partial charge is 0.330 e. The van der Waals surface area contributed by atoms with Gasteiger partial charge in [0, 0.05) is 17.8 Å². The Bertz CT molecular complexity index is 450. The Labute approximate surface area is 86.9 Å². The smallest absolute Gasteiger partial charge is 0.119 e. The standard InChI is InChI=1S/C9H9ClN2S/c1-12-8-3-2-6(10)4-7(8)11-9(12)5-13/h2-4,13H,5H2,1H3. The first kappa shape index (κ1) is 8.91. The lowest BCUT2D eigenvalue weighted by molar-refractivity contribution is 0.877. The Hall–Kier alpha value is -0.670. The van der Waals surface area contributed by atoms with Crippen LogP contribution in [-0.4, -0.2) is 9.55 Å². The van der Waals surface area contributed by atoms with Gasteiger partial charge in [-0.05, 0) is 18.2 Å². The maximum atomic E-state index is 5.86. The van der Waals surface area contributed by atoms with E-state index in [1.807, 2.05) is 29.8 Å². The first-order valence-electron chi connectivity index (χ1n) is 3.94. The summed E-state index contributed by atoms with van der Waals surface area (Å²) < 4.78 is 2.03. The maximum absolute atomic E-state index is 5.86. The third-order valence-corrected chi connectivity index (χ3v) is 2.59. The van der Waals surface area contributed by atoms with Crippen molar-refractivity contribution in [1.29, 1.82) is 0 Å². The summed E-state index contributed by atoms with van der Waals surface area (Å²) in [6.45, 7) is 0. The van der Waals surface area contributed by atoms with E-state index in [-0.39, 0.29) is 0 Å². The monoisotopic (exact) mass is 212 g/mol. The number of fused-ring (bicyclic) bond motifs is 1. The van der Waals surface area contributed by atoms with Crippen LogP contribution in [0.25, 0.3) is 11.0 Å². The van der Waals surface area contributed by atoms with Crippen molar-refractivity contribution in [3.8, 4) is 0 Å². The minimum Gasteiger partial charge on any atom is -0.330 e. The number of nitrogens with zero attached hydrogens (tertiary/aromatic N) is 2. The van der Waals surface area contributed by atoms with Gasteiger partial charge in [-0.15, -0.1) is 0 Å². The summed E-state index contributed by atoms with van der Waals surface area (Å²) in [5.41, 5.74) is 2.02. The SMILES string of the molecule is Cn1c(CS)nc2cc(Cl)ccc21. The third kappa shape index (κ3) is 1.42. The van der Waals surface area contributed by atoms with Crippen LogP contribution in [-0.2, 0) is 12.8 Å². The molecule has 1 aromatic heterocycles. The number of aromatic nitrogens is 2. The van der Waals surface area contributed by atoms with Gasteiger partial charge in [0.1, 0.15) is 5.82 Å². The molecule has 0 N–H and O–H groups in total. The molecule has 68 valence electrons. The van der Waals surface area contributed by atoms with Crippen LogP contribution in [0.2, 0.25) is 5.02 Å². The molecule has 0 aliphatic rings. The Kier molecular flexibility index (Phi) is 2.22. The van der Waals surface area contributed by atoms with Crippen molar-refractivity contribution in [3.63, 3.8) is 0 Å². The molecule has 0 saturated carbocycles. The maximum Gasteiger partial charge on any atom is 0.119 e. The first-order chi connectivity index (χ1) is 6.22. The molecule has 0 bridgehead atoms. The van der Waals surface area contributed by atoms with Gasteiger partial charge in [0.2, 0.25) is 0 Å². The molecule has 0 spiro atoms. The molecule has 0 fully saturated rings. The summed E-state index contributed by atoms with van der Waals surface area (Å²) in [5, 5.41) is 0.719. The number of aryl methyl sites for hydroxylation is 1. The summed E-state index contributed by atoms with van der Waals surface area (Å²) in [7, 11) is 1.98. The Balaban J connectivity index is 2.76. The zero-order valence-corrected chi connectivity index (χ0v) is 8.81. The Morgan fingerprint density at radius 1 is 1.54 bits per heavy atom. The van der Waals surface area contributed by atoms with E-state index >= 15 is 0 Å². The van der Waals surface area contributed by atoms with Gasteiger partial charge in [0.15, 0.2) is 0 Å². The normalized spacial score (nSPS) is 11.0. The number of benzene rings is 1. The second-order valence-corrected chi connectivity index (χ2v) is 3.63. The van der Waals surface area contributed by atoms with Crippen LogP contribution in [0.15, 0.2) is 18.2 Å². The van der Waals surface area contributed by atoms with Crippen LogP contribution < -0.4 is 0 Å². The predicted molar refractivity (Wildman–Crippen MR) is 58.4 cm³/mol. The van der Waals surface area contributed by atoms with Gasteiger partial charge in [-0.3, -0.25) is 0 Å². The average molecular weight is 213 g/mol. The molecule has 1 aromatic carbocycles. The third-order valence-electron chi connectivity index (χ3n) is 2.08. The lowest BCUT2D eigenvalue weighted by atomic mass is 10.3. The minimum atomic E-state index is 0.642. The van der Waals surface area contributed by atoms with Gasteiger partial charge < -0.3 is 4.57 Å². The molecule has 0 unspecified atom stereocenters. The van der Waals surface area contributed by atoms with E-state index in [1.165, 1.54) is 0 Å². The van der Waals surface area contributed by atoms with Gasteiger partial charge in [-0.2, -0.15) is 12.6 Å². The lowest BCUT2D eigenvalue weighted by Gasteiger charge is -1.97. The van der Waals surface area contributed by atoms with Gasteiger partial charge in [-0.1, -0.05) is 11.6 Å². The molecule has 0 aliphatic heterocycles. The van der Waals surface area contributed by atoms with Gasteiger partial charge in [0.25, 0.3) is 0 Å². The summed E-state index contributed by atoms with van der Waals surface area (Å²) in [4.78, 5) is 4.39. The number of hydrogen-bond donors (Lipinski definition) is 1. The Morgan fingerprint density at radius 3 is 3.00 bits per heavy atom. The van der Waals surface area contributed by atoms with E-state index in [2.05, 4.69) is 17.6 Å². The molecule has 2 rings (SSSR count). The summed E-state index contributed by atoms with van der Waals surface area (Å²) in [6.07, 6.45) is 0. The van der Waals surface area contributed by atoms with Crippen LogP contribution in [0, 0.1) is 0 Å². The highest BCUT2D eigenvalue weighted by Gasteiger charge is 2.05. The van der Waals surface area contributed by atoms with E-state index in [0.29, 0.717) is 5.75 Å². The quantitative estimate of drug-likeness (QED) is 0.720. The highest BCUT2D eigenvalue weighted by molar-refractivity contribution is 7.79. The molecule has 13 heavy (non-hydrogen) atoms. The second kappa shape index (κ2) is 3.24. The van der Waals surface area contributed by atoms with Crippen LogP contribution in [0.4, 0.5) is 0 Å². The average Bonchev–Trinajstić information content (AvgIpc) is 2.42. The van der Waals surface area contributed by atoms with Crippen molar-refractivity contribution >= 4 is 35.3 Å². The molecule has 1 heterocycles. The van der Waals surface area contributed by atoms with Crippen LogP contribution in [0.1, 0.15) is 5.82 Å². The van der Waals surface area contributed by atoms with Crippen molar-refractivity contribution in [2.75, 3.05) is 0 Å². The highest BCUT2D eigenvalue weighted by Crippen LogP contribution is 2.19. The summed E-state index contributed by atoms with van der Waals surface area (Å²) in [5.74, 6) is 1.60. The van der Waals surface area contributed by atoms with Gasteiger partial charge in [-0.25, -0.2) is 4.98 Å². The van der Waals surface area contributed by atoms with Crippen LogP contribution in [0.5, 0.6) is 0 Å². The lowest BCUT2D eigenvalue weighted by Crippen LogP contribution is -1.93. The Morgan fingerprint density at radius 2 is 2.31 bits per heavy atom. The van der Waals surface area contributed by atoms with Crippen LogP contribution in [0.3, 0.4) is 0 Å². The zero-order chi connectivity index (χ0) is 9.42. The molecular weight excluding hydrogens is 204 g/mol. The number of hydrogen-bond acceptors (Lipinski definition) is 2. The molecule has 0 radical (unpaired) electrons. The van der Waals surface area contributed by atoms with Gasteiger partial charge >= 0.3 is 0 Å². The molecule has 0 saturated heterocycles. The molecule has 2 nitrogen and oxygen atoms in total. The number of rotatable bonds is 1. The molecule has 0 amide bonds. The van der Waals surface area contributed by atoms with Crippen LogP contribution >= 0.6 is 24.2 Å².